The molecule has 0 bridgehead atoms. The van der Waals surface area contributed by atoms with Gasteiger partial charge in [-0.2, -0.15) is 10.2 Å². The van der Waals surface area contributed by atoms with E-state index >= 15 is 0 Å². The molecule has 8 heteroatoms. The zero-order chi connectivity index (χ0) is 18.1. The molecular weight excluding hydrogens is 352 g/mol. The Morgan fingerprint density at radius 1 is 1.19 bits per heavy atom. The Balaban J connectivity index is 1.88. The molecule has 0 radical (unpaired) electrons. The summed E-state index contributed by atoms with van der Waals surface area (Å²) in [6.07, 6.45) is 7.26. The van der Waals surface area contributed by atoms with E-state index in [0.29, 0.717) is 18.3 Å². The number of rotatable bonds is 5. The number of hydrogen-bond donors (Lipinski definition) is 0. The monoisotopic (exact) mass is 368 g/mol. The van der Waals surface area contributed by atoms with Crippen LogP contribution in [0.4, 0.5) is 0 Å². The van der Waals surface area contributed by atoms with Crippen molar-refractivity contribution in [2.24, 2.45) is 0 Å². The van der Waals surface area contributed by atoms with Crippen molar-refractivity contribution in [2.75, 3.05) is 13.7 Å². The summed E-state index contributed by atoms with van der Waals surface area (Å²) in [5, 5.41) is 9.26. The third-order valence-corrected chi connectivity index (χ3v) is 4.34. The maximum atomic E-state index is 6.30. The Bertz CT molecular complexity index is 1060. The smallest absolute Gasteiger partial charge is 0.162 e. The number of nitrogens with zero attached hydrogens (tertiary/aromatic N) is 6. The van der Waals surface area contributed by atoms with Crippen molar-refractivity contribution in [1.82, 2.24) is 29.4 Å². The van der Waals surface area contributed by atoms with Crippen LogP contribution in [0, 0.1) is 6.92 Å². The first kappa shape index (κ1) is 16.7. The second-order valence-electron chi connectivity index (χ2n) is 5.88. The molecule has 132 valence electrons. The Morgan fingerprint density at radius 3 is 2.77 bits per heavy atom. The van der Waals surface area contributed by atoms with Crippen LogP contribution in [0.1, 0.15) is 5.69 Å². The molecule has 0 saturated carbocycles. The number of fused-ring (bicyclic) bond motifs is 1. The molecule has 4 heterocycles. The van der Waals surface area contributed by atoms with E-state index in [9.17, 15) is 0 Å². The molecule has 4 aromatic heterocycles. The maximum Gasteiger partial charge on any atom is 0.162 e. The van der Waals surface area contributed by atoms with E-state index in [1.165, 1.54) is 0 Å². The Kier molecular flexibility index (Phi) is 4.40. The minimum atomic E-state index is 0.398. The first-order valence-electron chi connectivity index (χ1n) is 8.15. The van der Waals surface area contributed by atoms with Crippen LogP contribution >= 0.6 is 11.6 Å². The molecule has 0 aliphatic carbocycles. The second-order valence-corrected chi connectivity index (χ2v) is 6.27. The third kappa shape index (κ3) is 2.95. The highest BCUT2D eigenvalue weighted by Gasteiger charge is 2.18. The highest BCUT2D eigenvalue weighted by molar-refractivity contribution is 6.29. The van der Waals surface area contributed by atoms with Crippen LogP contribution in [-0.2, 0) is 11.3 Å². The van der Waals surface area contributed by atoms with Gasteiger partial charge in [0.2, 0.25) is 0 Å². The van der Waals surface area contributed by atoms with E-state index in [-0.39, 0.29) is 0 Å². The minimum Gasteiger partial charge on any atom is -0.383 e. The van der Waals surface area contributed by atoms with Gasteiger partial charge < -0.3 is 4.74 Å². The molecule has 0 atom stereocenters. The zero-order valence-electron chi connectivity index (χ0n) is 14.4. The predicted molar refractivity (Wildman–Crippen MR) is 99.1 cm³/mol. The van der Waals surface area contributed by atoms with E-state index in [4.69, 9.17) is 21.3 Å². The Hall–Kier alpha value is -2.77. The lowest BCUT2D eigenvalue weighted by molar-refractivity contribution is 0.183. The average Bonchev–Trinajstić information content (AvgIpc) is 3.23. The molecule has 4 rings (SSSR count). The van der Waals surface area contributed by atoms with Gasteiger partial charge in [-0.1, -0.05) is 11.6 Å². The van der Waals surface area contributed by atoms with Crippen LogP contribution < -0.4 is 0 Å². The number of pyridine rings is 1. The molecule has 0 aromatic carbocycles. The molecule has 4 aromatic rings. The molecule has 0 unspecified atom stereocenters. The van der Waals surface area contributed by atoms with Gasteiger partial charge in [-0.3, -0.25) is 9.67 Å². The van der Waals surface area contributed by atoms with E-state index < -0.39 is 0 Å². The SMILES string of the molecule is COCCn1cc(-c2c(C)nc3c(-c4ccncc4)cc(Cl)nn23)cn1. The number of aromatic nitrogens is 6. The maximum absolute atomic E-state index is 6.30. The van der Waals surface area contributed by atoms with Crippen molar-refractivity contribution in [2.45, 2.75) is 13.5 Å². The molecular formula is C18H17ClN6O. The van der Waals surface area contributed by atoms with Crippen LogP contribution in [0.15, 0.2) is 43.0 Å². The summed E-state index contributed by atoms with van der Waals surface area (Å²) in [7, 11) is 1.67. The molecule has 26 heavy (non-hydrogen) atoms. The lowest BCUT2D eigenvalue weighted by Gasteiger charge is -2.05. The van der Waals surface area contributed by atoms with E-state index in [1.807, 2.05) is 36.0 Å². The number of hydrogen-bond acceptors (Lipinski definition) is 5. The summed E-state index contributed by atoms with van der Waals surface area (Å²) in [5.41, 5.74) is 5.32. The van der Waals surface area contributed by atoms with Gasteiger partial charge in [0.25, 0.3) is 0 Å². The minimum absolute atomic E-state index is 0.398. The zero-order valence-corrected chi connectivity index (χ0v) is 15.2. The lowest BCUT2D eigenvalue weighted by Crippen LogP contribution is -2.03. The van der Waals surface area contributed by atoms with Crippen LogP contribution in [0.25, 0.3) is 28.0 Å². The van der Waals surface area contributed by atoms with E-state index in [2.05, 4.69) is 15.2 Å². The van der Waals surface area contributed by atoms with Crippen molar-refractivity contribution in [3.8, 4) is 22.4 Å². The highest BCUT2D eigenvalue weighted by Crippen LogP contribution is 2.31. The van der Waals surface area contributed by atoms with Crippen LogP contribution in [0.2, 0.25) is 5.15 Å². The second kappa shape index (κ2) is 6.86. The molecule has 0 amide bonds. The fourth-order valence-corrected chi connectivity index (χ4v) is 3.15. The number of imidazole rings is 1. The van der Waals surface area contributed by atoms with Gasteiger partial charge in [0.15, 0.2) is 10.8 Å². The fourth-order valence-electron chi connectivity index (χ4n) is 2.97. The molecule has 7 nitrogen and oxygen atoms in total. The van der Waals surface area contributed by atoms with Gasteiger partial charge in [-0.25, -0.2) is 9.50 Å². The number of methoxy groups -OCH3 is 1. The normalized spacial score (nSPS) is 11.3. The predicted octanol–water partition coefficient (Wildman–Crippen LogP) is 3.26. The molecule has 0 aliphatic heterocycles. The van der Waals surface area contributed by atoms with Gasteiger partial charge in [0.05, 0.1) is 30.7 Å². The van der Waals surface area contributed by atoms with E-state index in [1.54, 1.807) is 30.2 Å². The van der Waals surface area contributed by atoms with Gasteiger partial charge in [0, 0.05) is 36.8 Å². The first-order chi connectivity index (χ1) is 12.7. The summed E-state index contributed by atoms with van der Waals surface area (Å²) in [4.78, 5) is 8.81. The number of aryl methyl sites for hydroxylation is 1. The van der Waals surface area contributed by atoms with Crippen LogP contribution in [0.3, 0.4) is 0 Å². The lowest BCUT2D eigenvalue weighted by atomic mass is 10.1. The van der Waals surface area contributed by atoms with Gasteiger partial charge in [0.1, 0.15) is 0 Å². The van der Waals surface area contributed by atoms with Crippen LogP contribution in [0.5, 0.6) is 0 Å². The molecule has 0 fully saturated rings. The number of halogens is 1. The third-order valence-electron chi connectivity index (χ3n) is 4.15. The largest absolute Gasteiger partial charge is 0.383 e. The molecule has 0 aliphatic rings. The Morgan fingerprint density at radius 2 is 2.00 bits per heavy atom. The van der Waals surface area contributed by atoms with Gasteiger partial charge in [-0.15, -0.1) is 0 Å². The average molecular weight is 369 g/mol. The summed E-state index contributed by atoms with van der Waals surface area (Å²) < 4.78 is 8.73. The standard InChI is InChI=1S/C18H17ClN6O/c1-12-17(14-10-21-24(11-14)7-8-26-2)25-18(22-12)15(9-16(19)23-25)13-3-5-20-6-4-13/h3-6,9-11H,7-8H2,1-2H3. The van der Waals surface area contributed by atoms with Crippen molar-refractivity contribution in [3.05, 3.63) is 53.8 Å². The van der Waals surface area contributed by atoms with Crippen LogP contribution in [-0.4, -0.2) is 43.1 Å². The summed E-state index contributed by atoms with van der Waals surface area (Å²) in [5.74, 6) is 0. The first-order valence-corrected chi connectivity index (χ1v) is 8.53. The topological polar surface area (TPSA) is 70.1 Å². The van der Waals surface area contributed by atoms with Crippen molar-refractivity contribution < 1.29 is 4.74 Å². The van der Waals surface area contributed by atoms with E-state index in [0.717, 1.165) is 33.7 Å². The van der Waals surface area contributed by atoms with Gasteiger partial charge >= 0.3 is 0 Å². The fraction of sp³-hybridized carbons (Fsp3) is 0.222. The summed E-state index contributed by atoms with van der Waals surface area (Å²) >= 11 is 6.30. The summed E-state index contributed by atoms with van der Waals surface area (Å²) in [6.45, 7) is 3.24. The van der Waals surface area contributed by atoms with Crippen molar-refractivity contribution >= 4 is 17.2 Å². The highest BCUT2D eigenvalue weighted by atomic mass is 35.5. The Labute approximate surface area is 155 Å². The molecule has 0 N–H and O–H groups in total. The van der Waals surface area contributed by atoms with Crippen molar-refractivity contribution in [3.63, 3.8) is 0 Å². The molecule has 0 saturated heterocycles. The molecule has 0 spiro atoms. The quantitative estimate of drug-likeness (QED) is 0.540. The number of ether oxygens (including phenoxy) is 1. The van der Waals surface area contributed by atoms with Gasteiger partial charge in [-0.05, 0) is 30.7 Å². The summed E-state index contributed by atoms with van der Waals surface area (Å²) in [6, 6.07) is 5.68. The van der Waals surface area contributed by atoms with Crippen molar-refractivity contribution in [1.29, 1.82) is 0 Å².